The number of allylic oxidation sites excluding steroid dienone is 9. The number of ether oxygens (including phenoxy) is 5. The number of likely N-dealkylation sites (N-methyl/N-ethyl adjacent to an activating group) is 1. The lowest BCUT2D eigenvalue weighted by atomic mass is 9.76. The summed E-state index contributed by atoms with van der Waals surface area (Å²) in [4.78, 5) is 13.5. The van der Waals surface area contributed by atoms with Crippen molar-refractivity contribution >= 4 is 44.3 Å². The Morgan fingerprint density at radius 2 is 1.59 bits per heavy atom. The molecule has 13 heteroatoms. The average molecular weight is 890 g/mol. The van der Waals surface area contributed by atoms with Crippen molar-refractivity contribution in [1.29, 1.82) is 0 Å². The van der Waals surface area contributed by atoms with E-state index in [0.29, 0.717) is 72.1 Å². The number of aliphatic carboxylic acids is 1. The normalized spacial score (nSPS) is 19.1. The zero-order valence-corrected chi connectivity index (χ0v) is 39.6. The van der Waals surface area contributed by atoms with Crippen molar-refractivity contribution in [2.45, 2.75) is 103 Å². The largest absolute Gasteiger partial charge is 0.481 e. The summed E-state index contributed by atoms with van der Waals surface area (Å²) >= 11 is 0. The molecule has 0 saturated heterocycles. The Hall–Kier alpha value is -4.37. The maximum atomic E-state index is 12.4. The molecule has 63 heavy (non-hydrogen) atoms. The van der Waals surface area contributed by atoms with Crippen LogP contribution < -0.4 is 9.64 Å². The van der Waals surface area contributed by atoms with Gasteiger partial charge in [-0.05, 0) is 89.3 Å². The van der Waals surface area contributed by atoms with Crippen LogP contribution in [-0.4, -0.2) is 106 Å². The molecule has 1 unspecified atom stereocenters. The lowest BCUT2D eigenvalue weighted by Crippen LogP contribution is -2.45. The summed E-state index contributed by atoms with van der Waals surface area (Å²) in [6.45, 7) is 21.9. The standard InChI is InChI=1S/C50H68N2O10S/c1-10-52-43-34-44-40(33-39(43)36(2)35-49(52,6)7)37(31-46(62-44)48(3,4)5)17-13-11-14-18-45-50(8,22-24-59-27-28-61-30-29-60-26-25-58-9)41-32-38(63(55,56)57)20-21-42(41)51(45)23-16-12-15-19-47(53)54/h11,13-14,17-18,20-21,31-35H,10,12,15-16,19,22-30H2,1-9H3,(H-,53,54,55,56,57)/p+1. The highest BCUT2D eigenvalue weighted by molar-refractivity contribution is 7.85. The van der Waals surface area contributed by atoms with Crippen LogP contribution in [0.5, 0.6) is 5.75 Å². The molecule has 0 radical (unpaired) electrons. The van der Waals surface area contributed by atoms with Gasteiger partial charge < -0.3 is 33.7 Å². The summed E-state index contributed by atoms with van der Waals surface area (Å²) in [6, 6.07) is 9.18. The smallest absolute Gasteiger partial charge is 0.303 e. The van der Waals surface area contributed by atoms with Gasteiger partial charge in [-0.1, -0.05) is 51.2 Å². The van der Waals surface area contributed by atoms with Gasteiger partial charge in [0.15, 0.2) is 5.71 Å². The predicted molar refractivity (Wildman–Crippen MR) is 250 cm³/mol. The molecule has 0 aromatic heterocycles. The molecule has 0 fully saturated rings. The number of carbonyl (C=O) groups is 1. The van der Waals surface area contributed by atoms with Crippen LogP contribution in [0.2, 0.25) is 0 Å². The molecule has 2 aromatic rings. The quantitative estimate of drug-likeness (QED) is 0.0477. The number of carboxylic acids is 1. The molecule has 3 aliphatic heterocycles. The number of nitrogens with zero attached hydrogens (tertiary/aromatic N) is 2. The first kappa shape index (κ1) is 49.6. The highest BCUT2D eigenvalue weighted by atomic mass is 32.2. The Morgan fingerprint density at radius 3 is 2.22 bits per heavy atom. The topological polar surface area (TPSA) is 144 Å². The zero-order valence-electron chi connectivity index (χ0n) is 38.8. The lowest BCUT2D eigenvalue weighted by Gasteiger charge is -2.43. The first-order chi connectivity index (χ1) is 29.8. The van der Waals surface area contributed by atoms with Crippen molar-refractivity contribution in [2.75, 3.05) is 71.3 Å². The van der Waals surface area contributed by atoms with Crippen molar-refractivity contribution in [3.8, 4) is 5.75 Å². The third-order valence-corrected chi connectivity index (χ3v) is 12.8. The second kappa shape index (κ2) is 21.5. The molecule has 2 aromatic carbocycles. The fourth-order valence-electron chi connectivity index (χ4n) is 8.62. The van der Waals surface area contributed by atoms with Crippen LogP contribution >= 0.6 is 0 Å². The molecule has 0 saturated carbocycles. The molecular weight excluding hydrogens is 821 g/mol. The Labute approximate surface area is 375 Å². The lowest BCUT2D eigenvalue weighted by molar-refractivity contribution is -0.438. The van der Waals surface area contributed by atoms with Gasteiger partial charge in [-0.15, -0.1) is 0 Å². The molecule has 3 heterocycles. The monoisotopic (exact) mass is 889 g/mol. The Bertz CT molecular complexity index is 2260. The van der Waals surface area contributed by atoms with E-state index in [1.54, 1.807) is 19.2 Å². The van der Waals surface area contributed by atoms with E-state index < -0.39 is 21.5 Å². The number of fused-ring (bicyclic) bond motifs is 3. The average Bonchev–Trinajstić information content (AvgIpc) is 3.43. The molecule has 1 atom stereocenters. The minimum absolute atomic E-state index is 0.0991. The molecule has 344 valence electrons. The first-order valence-corrected chi connectivity index (χ1v) is 23.6. The number of rotatable bonds is 23. The Balaban J connectivity index is 1.46. The molecular formula is C50H69N2O10S+. The minimum atomic E-state index is -4.48. The van der Waals surface area contributed by atoms with Gasteiger partial charge in [0.1, 0.15) is 18.1 Å². The van der Waals surface area contributed by atoms with Crippen LogP contribution in [0.25, 0.3) is 11.1 Å². The van der Waals surface area contributed by atoms with Gasteiger partial charge in [0.25, 0.3) is 10.1 Å². The summed E-state index contributed by atoms with van der Waals surface area (Å²) in [5.74, 6) is 0.895. The van der Waals surface area contributed by atoms with Crippen molar-refractivity contribution in [3.05, 3.63) is 95.3 Å². The zero-order chi connectivity index (χ0) is 46.0. The van der Waals surface area contributed by atoms with E-state index in [2.05, 4.69) is 101 Å². The van der Waals surface area contributed by atoms with Crippen molar-refractivity contribution < 1.29 is 51.1 Å². The van der Waals surface area contributed by atoms with Crippen LogP contribution in [0, 0.1) is 5.41 Å². The van der Waals surface area contributed by atoms with Crippen LogP contribution in [0.4, 0.5) is 11.4 Å². The van der Waals surface area contributed by atoms with Crippen LogP contribution in [0.15, 0.2) is 83.5 Å². The van der Waals surface area contributed by atoms with Crippen molar-refractivity contribution in [3.63, 3.8) is 0 Å². The van der Waals surface area contributed by atoms with E-state index in [4.69, 9.17) is 23.7 Å². The number of methoxy groups -OCH3 is 1. The maximum absolute atomic E-state index is 12.4. The van der Waals surface area contributed by atoms with Crippen molar-refractivity contribution in [1.82, 2.24) is 0 Å². The van der Waals surface area contributed by atoms with E-state index >= 15 is 0 Å². The van der Waals surface area contributed by atoms with Crippen LogP contribution in [0.3, 0.4) is 0 Å². The third kappa shape index (κ3) is 12.5. The van der Waals surface area contributed by atoms with E-state index in [0.717, 1.165) is 52.6 Å². The van der Waals surface area contributed by atoms with Gasteiger partial charge in [-0.25, -0.2) is 0 Å². The summed E-state index contributed by atoms with van der Waals surface area (Å²) in [5, 5.41) is 9.23. The second-order valence-corrected chi connectivity index (χ2v) is 19.5. The van der Waals surface area contributed by atoms with E-state index in [1.807, 2.05) is 18.2 Å². The van der Waals surface area contributed by atoms with Gasteiger partial charge in [0.2, 0.25) is 5.69 Å². The maximum Gasteiger partial charge on any atom is 0.303 e. The van der Waals surface area contributed by atoms with Gasteiger partial charge in [0.05, 0.1) is 55.5 Å². The number of hydrogen-bond acceptors (Lipinski definition) is 9. The first-order valence-electron chi connectivity index (χ1n) is 22.1. The minimum Gasteiger partial charge on any atom is -0.481 e. The summed E-state index contributed by atoms with van der Waals surface area (Å²) in [5.41, 5.74) is 7.14. The number of benzene rings is 2. The molecule has 0 amide bonds. The number of carboxylic acid groups (broad SMARTS) is 1. The Kier molecular flexibility index (Phi) is 17.0. The van der Waals surface area contributed by atoms with E-state index in [1.165, 1.54) is 22.9 Å². The predicted octanol–water partition coefficient (Wildman–Crippen LogP) is 9.56. The molecule has 3 aliphatic rings. The van der Waals surface area contributed by atoms with E-state index in [-0.39, 0.29) is 22.3 Å². The number of hydrogen-bond donors (Lipinski definition) is 2. The molecule has 2 N–H and O–H groups in total. The number of unbranched alkanes of at least 4 members (excludes halogenated alkanes) is 2. The van der Waals surface area contributed by atoms with E-state index in [9.17, 15) is 22.9 Å². The third-order valence-electron chi connectivity index (χ3n) is 11.9. The summed E-state index contributed by atoms with van der Waals surface area (Å²) in [6.07, 6.45) is 17.3. The van der Waals surface area contributed by atoms with Crippen molar-refractivity contribution in [2.24, 2.45) is 5.41 Å². The van der Waals surface area contributed by atoms with Crippen LogP contribution in [0.1, 0.15) is 104 Å². The molecule has 5 rings (SSSR count). The highest BCUT2D eigenvalue weighted by Crippen LogP contribution is 2.48. The van der Waals surface area contributed by atoms with Crippen LogP contribution in [-0.2, 0) is 39.3 Å². The van der Waals surface area contributed by atoms with Gasteiger partial charge in [-0.3, -0.25) is 9.35 Å². The van der Waals surface area contributed by atoms with Gasteiger partial charge in [-0.2, -0.15) is 13.0 Å². The molecule has 0 bridgehead atoms. The summed E-state index contributed by atoms with van der Waals surface area (Å²) < 4.78 is 65.9. The molecule has 0 spiro atoms. The fourth-order valence-corrected chi connectivity index (χ4v) is 9.12. The Morgan fingerprint density at radius 1 is 0.905 bits per heavy atom. The highest BCUT2D eigenvalue weighted by Gasteiger charge is 2.48. The van der Waals surface area contributed by atoms with Gasteiger partial charge in [0, 0.05) is 79.1 Å². The molecule has 12 nitrogen and oxygen atoms in total. The van der Waals surface area contributed by atoms with Gasteiger partial charge >= 0.3 is 5.97 Å². The number of anilines is 1. The SMILES string of the molecule is CCN1c2cc3c(cc2C(C)=CC1(C)C)/C(=C/C=C/C=C/C1=[N+](CCCCCC(=O)O)c2ccc(S(=O)(=O)O)cc2C1(C)CCOCCOCCOCCOC)C=C(C(C)(C)C)O3. The second-order valence-electron chi connectivity index (χ2n) is 18.1. The molecule has 0 aliphatic carbocycles. The summed E-state index contributed by atoms with van der Waals surface area (Å²) in [7, 11) is -2.85. The fraction of sp³-hybridized carbons (Fsp3) is 0.520.